The number of benzene rings is 1. The van der Waals surface area contributed by atoms with Crippen LogP contribution in [0.2, 0.25) is 0 Å². The zero-order valence-electron chi connectivity index (χ0n) is 19.2. The van der Waals surface area contributed by atoms with Gasteiger partial charge in [-0.1, -0.05) is 77.2 Å². The van der Waals surface area contributed by atoms with Gasteiger partial charge in [-0.2, -0.15) is 5.26 Å². The second-order valence-corrected chi connectivity index (χ2v) is 10.2. The summed E-state index contributed by atoms with van der Waals surface area (Å²) >= 11 is 0. The summed E-state index contributed by atoms with van der Waals surface area (Å²) in [5.74, 6) is 3.43. The fourth-order valence-electron chi connectivity index (χ4n) is 6.11. The molecule has 2 aliphatic rings. The van der Waals surface area contributed by atoms with E-state index < -0.39 is 0 Å². The van der Waals surface area contributed by atoms with E-state index in [1.54, 1.807) is 12.1 Å². The molecule has 1 nitrogen and oxygen atoms in total. The van der Waals surface area contributed by atoms with Gasteiger partial charge in [0.1, 0.15) is 11.9 Å². The Labute approximate surface area is 184 Å². The molecule has 0 unspecified atom stereocenters. The van der Waals surface area contributed by atoms with Gasteiger partial charge in [-0.25, -0.2) is 4.39 Å². The normalized spacial score (nSPS) is 27.0. The Morgan fingerprint density at radius 2 is 1.43 bits per heavy atom. The SMILES string of the molecule is CCCCCCC[C@H]1CC[C@H](C2CCC(CCc3ccc(C#N)c(F)c3)CC2)CC1. The van der Waals surface area contributed by atoms with E-state index in [1.807, 2.05) is 12.1 Å². The van der Waals surface area contributed by atoms with Gasteiger partial charge in [0, 0.05) is 0 Å². The monoisotopic (exact) mass is 411 g/mol. The molecule has 0 aromatic heterocycles. The molecule has 30 heavy (non-hydrogen) atoms. The Bertz CT molecular complexity index is 660. The quantitative estimate of drug-likeness (QED) is 0.353. The molecule has 166 valence electrons. The van der Waals surface area contributed by atoms with Gasteiger partial charge < -0.3 is 0 Å². The lowest BCUT2D eigenvalue weighted by Crippen LogP contribution is -2.26. The third-order valence-corrected chi connectivity index (χ3v) is 8.16. The Kier molecular flexibility index (Phi) is 9.70. The highest BCUT2D eigenvalue weighted by Gasteiger charge is 2.30. The summed E-state index contributed by atoms with van der Waals surface area (Å²) in [6, 6.07) is 7.02. The van der Waals surface area contributed by atoms with Crippen LogP contribution in [0.15, 0.2) is 18.2 Å². The fraction of sp³-hybridized carbons (Fsp3) is 0.750. The summed E-state index contributed by atoms with van der Waals surface area (Å²) in [5, 5.41) is 8.87. The molecule has 0 aliphatic heterocycles. The summed E-state index contributed by atoms with van der Waals surface area (Å²) in [4.78, 5) is 0. The molecule has 0 atom stereocenters. The van der Waals surface area contributed by atoms with Crippen molar-refractivity contribution in [2.75, 3.05) is 0 Å². The molecular weight excluding hydrogens is 369 g/mol. The van der Waals surface area contributed by atoms with Gasteiger partial charge in [-0.05, 0) is 79.9 Å². The minimum atomic E-state index is -0.365. The molecule has 1 aromatic carbocycles. The first-order valence-electron chi connectivity index (χ1n) is 12.9. The maximum Gasteiger partial charge on any atom is 0.141 e. The first-order chi connectivity index (χ1) is 14.7. The number of halogens is 1. The highest BCUT2D eigenvalue weighted by atomic mass is 19.1. The van der Waals surface area contributed by atoms with Gasteiger partial charge in [0.05, 0.1) is 5.56 Å². The predicted octanol–water partition coefficient (Wildman–Crippen LogP) is 8.60. The van der Waals surface area contributed by atoms with Crippen LogP contribution in [0.5, 0.6) is 0 Å². The Morgan fingerprint density at radius 3 is 2.00 bits per heavy atom. The smallest absolute Gasteiger partial charge is 0.141 e. The maximum absolute atomic E-state index is 13.8. The third-order valence-electron chi connectivity index (χ3n) is 8.16. The average Bonchev–Trinajstić information content (AvgIpc) is 2.78. The minimum Gasteiger partial charge on any atom is -0.206 e. The molecule has 2 fully saturated rings. The Morgan fingerprint density at radius 1 is 0.833 bits per heavy atom. The first kappa shape index (κ1) is 23.3. The molecular formula is C28H42FN. The van der Waals surface area contributed by atoms with Crippen molar-refractivity contribution in [2.45, 2.75) is 110 Å². The third kappa shape index (κ3) is 7.11. The number of unbranched alkanes of at least 4 members (excludes halogenated alkanes) is 4. The van der Waals surface area contributed by atoms with Gasteiger partial charge in [0.15, 0.2) is 0 Å². The second-order valence-electron chi connectivity index (χ2n) is 10.2. The lowest BCUT2D eigenvalue weighted by molar-refractivity contribution is 0.140. The van der Waals surface area contributed by atoms with E-state index >= 15 is 0 Å². The molecule has 3 rings (SSSR count). The molecule has 0 amide bonds. The number of nitriles is 1. The standard InChI is InChI=1S/C28H42FN/c1-2-3-4-5-6-7-22-10-15-25(16-11-22)26-17-12-23(13-18-26)8-9-24-14-19-27(21-30)28(29)20-24/h14,19-20,22-23,25-26H,2-13,15-18H2,1H3/t22-,23?,25-,26?. The summed E-state index contributed by atoms with van der Waals surface area (Å²) < 4.78 is 13.8. The van der Waals surface area contributed by atoms with Crippen LogP contribution < -0.4 is 0 Å². The van der Waals surface area contributed by atoms with Crippen LogP contribution >= 0.6 is 0 Å². The van der Waals surface area contributed by atoms with Crippen molar-refractivity contribution >= 4 is 0 Å². The zero-order valence-corrected chi connectivity index (χ0v) is 19.2. The van der Waals surface area contributed by atoms with Crippen LogP contribution in [0.1, 0.15) is 114 Å². The van der Waals surface area contributed by atoms with E-state index in [0.717, 1.165) is 35.7 Å². The van der Waals surface area contributed by atoms with Crippen molar-refractivity contribution in [1.82, 2.24) is 0 Å². The summed E-state index contributed by atoms with van der Waals surface area (Å²) in [6.07, 6.45) is 22.2. The lowest BCUT2D eigenvalue weighted by atomic mass is 9.68. The van der Waals surface area contributed by atoms with Crippen LogP contribution in [0, 0.1) is 40.8 Å². The maximum atomic E-state index is 13.8. The topological polar surface area (TPSA) is 23.8 Å². The van der Waals surface area contributed by atoms with Crippen molar-refractivity contribution in [3.05, 3.63) is 35.1 Å². The minimum absolute atomic E-state index is 0.158. The number of aryl methyl sites for hydroxylation is 1. The second kappa shape index (κ2) is 12.5. The highest BCUT2D eigenvalue weighted by molar-refractivity contribution is 5.33. The fourth-order valence-corrected chi connectivity index (χ4v) is 6.11. The van der Waals surface area contributed by atoms with Crippen molar-refractivity contribution < 1.29 is 4.39 Å². The van der Waals surface area contributed by atoms with Crippen molar-refractivity contribution in [1.29, 1.82) is 5.26 Å². The number of rotatable bonds is 10. The van der Waals surface area contributed by atoms with Gasteiger partial charge in [0.25, 0.3) is 0 Å². The molecule has 0 radical (unpaired) electrons. The van der Waals surface area contributed by atoms with Gasteiger partial charge >= 0.3 is 0 Å². The lowest BCUT2D eigenvalue weighted by Gasteiger charge is -2.38. The molecule has 2 heteroatoms. The van der Waals surface area contributed by atoms with Gasteiger partial charge in [0.2, 0.25) is 0 Å². The van der Waals surface area contributed by atoms with Crippen molar-refractivity contribution in [2.24, 2.45) is 23.7 Å². The van der Waals surface area contributed by atoms with Crippen LogP contribution in [-0.2, 0) is 6.42 Å². The van der Waals surface area contributed by atoms with E-state index in [4.69, 9.17) is 5.26 Å². The number of nitrogens with zero attached hydrogens (tertiary/aromatic N) is 1. The number of hydrogen-bond donors (Lipinski definition) is 0. The molecule has 2 saturated carbocycles. The summed E-state index contributed by atoms with van der Waals surface area (Å²) in [6.45, 7) is 2.30. The van der Waals surface area contributed by atoms with Crippen LogP contribution in [0.4, 0.5) is 4.39 Å². The highest BCUT2D eigenvalue weighted by Crippen LogP contribution is 2.43. The van der Waals surface area contributed by atoms with E-state index in [2.05, 4.69) is 6.92 Å². The molecule has 0 heterocycles. The summed E-state index contributed by atoms with van der Waals surface area (Å²) in [5.41, 5.74) is 1.20. The zero-order chi connectivity index (χ0) is 21.2. The van der Waals surface area contributed by atoms with Crippen LogP contribution in [-0.4, -0.2) is 0 Å². The molecule has 0 saturated heterocycles. The van der Waals surface area contributed by atoms with E-state index in [-0.39, 0.29) is 11.4 Å². The average molecular weight is 412 g/mol. The largest absolute Gasteiger partial charge is 0.206 e. The molecule has 0 N–H and O–H groups in total. The summed E-state index contributed by atoms with van der Waals surface area (Å²) in [7, 11) is 0. The van der Waals surface area contributed by atoms with Gasteiger partial charge in [-0.15, -0.1) is 0 Å². The van der Waals surface area contributed by atoms with Crippen molar-refractivity contribution in [3.8, 4) is 6.07 Å². The number of hydrogen-bond acceptors (Lipinski definition) is 1. The Balaban J connectivity index is 1.30. The van der Waals surface area contributed by atoms with Crippen molar-refractivity contribution in [3.63, 3.8) is 0 Å². The molecule has 0 spiro atoms. The van der Waals surface area contributed by atoms with Crippen LogP contribution in [0.25, 0.3) is 0 Å². The predicted molar refractivity (Wildman–Crippen MR) is 124 cm³/mol. The van der Waals surface area contributed by atoms with E-state index in [9.17, 15) is 4.39 Å². The molecule has 1 aromatic rings. The molecule has 0 bridgehead atoms. The first-order valence-corrected chi connectivity index (χ1v) is 12.9. The molecule has 2 aliphatic carbocycles. The van der Waals surface area contributed by atoms with E-state index in [0.29, 0.717) is 0 Å². The van der Waals surface area contributed by atoms with Crippen LogP contribution in [0.3, 0.4) is 0 Å². The van der Waals surface area contributed by atoms with E-state index in [1.165, 1.54) is 96.3 Å². The van der Waals surface area contributed by atoms with Gasteiger partial charge in [-0.3, -0.25) is 0 Å². The Hall–Kier alpha value is -1.36.